The second kappa shape index (κ2) is 8.99. The van der Waals surface area contributed by atoms with Crippen molar-refractivity contribution in [1.29, 1.82) is 0 Å². The quantitative estimate of drug-likeness (QED) is 0.405. The number of pyridine rings is 2. The number of anilines is 1. The van der Waals surface area contributed by atoms with Crippen molar-refractivity contribution in [2.45, 2.75) is 6.54 Å². The van der Waals surface area contributed by atoms with Crippen LogP contribution in [0.2, 0.25) is 0 Å². The first kappa shape index (κ1) is 21.5. The van der Waals surface area contributed by atoms with E-state index in [2.05, 4.69) is 20.4 Å². The van der Waals surface area contributed by atoms with Gasteiger partial charge in [-0.15, -0.1) is 0 Å². The summed E-state index contributed by atoms with van der Waals surface area (Å²) in [7, 11) is 0. The fourth-order valence-electron chi connectivity index (χ4n) is 4.09. The Bertz CT molecular complexity index is 1640. The molecular weight excluding hydrogens is 462 g/mol. The first-order valence-corrected chi connectivity index (χ1v) is 11.2. The van der Waals surface area contributed by atoms with Crippen molar-refractivity contribution in [2.24, 2.45) is 0 Å². The highest BCUT2D eigenvalue weighted by atomic mass is 16.6. The topological polar surface area (TPSA) is 121 Å². The molecule has 0 spiro atoms. The summed E-state index contributed by atoms with van der Waals surface area (Å²) in [5, 5.41) is 7.56. The third kappa shape index (κ3) is 4.05. The zero-order valence-electron chi connectivity index (χ0n) is 18.9. The molecule has 0 bridgehead atoms. The summed E-state index contributed by atoms with van der Waals surface area (Å²) in [6.07, 6.45) is 3.27. The molecule has 0 unspecified atom stereocenters. The van der Waals surface area contributed by atoms with E-state index in [9.17, 15) is 9.59 Å². The van der Waals surface area contributed by atoms with Crippen LogP contribution < -0.4 is 20.3 Å². The highest BCUT2D eigenvalue weighted by Gasteiger charge is 2.18. The first-order valence-electron chi connectivity index (χ1n) is 11.2. The van der Waals surface area contributed by atoms with E-state index in [1.165, 1.54) is 10.6 Å². The van der Waals surface area contributed by atoms with Crippen molar-refractivity contribution in [3.8, 4) is 34.3 Å². The summed E-state index contributed by atoms with van der Waals surface area (Å²) in [6.45, 7) is 0.752. The number of rotatable bonds is 5. The Hall–Kier alpha value is -4.99. The van der Waals surface area contributed by atoms with E-state index in [1.54, 1.807) is 54.9 Å². The maximum Gasteiger partial charge on any atom is 0.259 e. The van der Waals surface area contributed by atoms with Gasteiger partial charge >= 0.3 is 0 Å². The summed E-state index contributed by atoms with van der Waals surface area (Å²) in [5.41, 5.74) is 1.98. The van der Waals surface area contributed by atoms with Crippen molar-refractivity contribution in [2.75, 3.05) is 18.5 Å². The van der Waals surface area contributed by atoms with Gasteiger partial charge in [0.2, 0.25) is 11.7 Å². The lowest BCUT2D eigenvalue weighted by Gasteiger charge is -2.19. The van der Waals surface area contributed by atoms with E-state index < -0.39 is 0 Å². The Morgan fingerprint density at radius 1 is 0.972 bits per heavy atom. The fraction of sp³-hybridized carbons (Fsp3) is 0.115. The number of benzene rings is 2. The van der Waals surface area contributed by atoms with Crippen molar-refractivity contribution >= 4 is 22.5 Å². The van der Waals surface area contributed by atoms with Crippen LogP contribution in [-0.4, -0.2) is 38.8 Å². The molecule has 5 aromatic rings. The number of ether oxygens (including phenoxy) is 2. The molecule has 1 amide bonds. The van der Waals surface area contributed by atoms with Crippen LogP contribution in [0.5, 0.6) is 11.5 Å². The maximum atomic E-state index is 13.1. The van der Waals surface area contributed by atoms with Gasteiger partial charge in [-0.05, 0) is 30.3 Å². The Morgan fingerprint density at radius 2 is 1.78 bits per heavy atom. The molecule has 0 aliphatic carbocycles. The molecule has 10 heteroatoms. The molecule has 178 valence electrons. The van der Waals surface area contributed by atoms with Gasteiger partial charge in [-0.1, -0.05) is 23.4 Å². The van der Waals surface area contributed by atoms with Crippen LogP contribution in [0.25, 0.3) is 33.7 Å². The number of carbonyl (C=O) groups is 1. The molecule has 1 N–H and O–H groups in total. The second-order valence-electron chi connectivity index (χ2n) is 8.07. The Morgan fingerprint density at radius 3 is 2.64 bits per heavy atom. The molecule has 1 aliphatic rings. The van der Waals surface area contributed by atoms with Crippen LogP contribution in [0.1, 0.15) is 0 Å². The van der Waals surface area contributed by atoms with Crippen LogP contribution >= 0.6 is 0 Å². The summed E-state index contributed by atoms with van der Waals surface area (Å²) in [5.74, 6) is 1.44. The summed E-state index contributed by atoms with van der Waals surface area (Å²) >= 11 is 0. The number of nitrogens with zero attached hydrogens (tertiary/aromatic N) is 4. The van der Waals surface area contributed by atoms with Crippen LogP contribution in [0, 0.1) is 0 Å². The SMILES string of the molecule is O=C(Cn1c(=O)cc(-c2nc(-c3ccncc3)no2)c2ccccc21)Nc1ccc2c(c1)OCCO2. The molecule has 4 heterocycles. The molecule has 0 fully saturated rings. The smallest absolute Gasteiger partial charge is 0.259 e. The molecule has 0 radical (unpaired) electrons. The minimum Gasteiger partial charge on any atom is -0.486 e. The van der Waals surface area contributed by atoms with E-state index in [0.717, 1.165) is 5.56 Å². The van der Waals surface area contributed by atoms with Gasteiger partial charge in [0.1, 0.15) is 19.8 Å². The zero-order chi connectivity index (χ0) is 24.5. The molecule has 3 aromatic heterocycles. The summed E-state index contributed by atoms with van der Waals surface area (Å²) < 4.78 is 18.0. The molecular formula is C26H19N5O5. The second-order valence-corrected chi connectivity index (χ2v) is 8.07. The summed E-state index contributed by atoms with van der Waals surface area (Å²) in [4.78, 5) is 34.5. The maximum absolute atomic E-state index is 13.1. The Kier molecular flexibility index (Phi) is 5.38. The van der Waals surface area contributed by atoms with Crippen LogP contribution in [0.4, 0.5) is 5.69 Å². The molecule has 2 aromatic carbocycles. The van der Waals surface area contributed by atoms with E-state index in [1.807, 2.05) is 12.1 Å². The van der Waals surface area contributed by atoms with Gasteiger partial charge in [-0.3, -0.25) is 19.1 Å². The van der Waals surface area contributed by atoms with E-state index in [-0.39, 0.29) is 23.9 Å². The highest BCUT2D eigenvalue weighted by Crippen LogP contribution is 2.33. The number of aromatic nitrogens is 4. The van der Waals surface area contributed by atoms with Gasteiger partial charge < -0.3 is 19.3 Å². The average molecular weight is 481 g/mol. The minimum absolute atomic E-state index is 0.180. The number of nitrogens with one attached hydrogen (secondary N) is 1. The lowest BCUT2D eigenvalue weighted by atomic mass is 10.1. The third-order valence-corrected chi connectivity index (χ3v) is 5.74. The standard InChI is InChI=1S/C26H19N5O5/c32-23(28-17-5-6-21-22(13-17)35-12-11-34-21)15-31-20-4-2-1-3-18(20)19(14-24(31)33)26-29-25(30-36-26)16-7-9-27-10-8-16/h1-10,13-14H,11-12,15H2,(H,28,32). The van der Waals surface area contributed by atoms with E-state index >= 15 is 0 Å². The summed E-state index contributed by atoms with van der Waals surface area (Å²) in [6, 6.07) is 17.4. The van der Waals surface area contributed by atoms with E-state index in [4.69, 9.17) is 14.0 Å². The molecule has 36 heavy (non-hydrogen) atoms. The van der Waals surface area contributed by atoms with Crippen molar-refractivity contribution in [1.82, 2.24) is 19.7 Å². The monoisotopic (exact) mass is 481 g/mol. The van der Waals surface area contributed by atoms with Gasteiger partial charge in [-0.2, -0.15) is 4.98 Å². The number of hydrogen-bond donors (Lipinski definition) is 1. The predicted molar refractivity (Wildman–Crippen MR) is 131 cm³/mol. The molecule has 1 aliphatic heterocycles. The number of amides is 1. The van der Waals surface area contributed by atoms with Crippen LogP contribution in [0.3, 0.4) is 0 Å². The minimum atomic E-state index is -0.371. The molecule has 10 nitrogen and oxygen atoms in total. The van der Waals surface area contributed by atoms with E-state index in [0.29, 0.717) is 52.7 Å². The lowest BCUT2D eigenvalue weighted by Crippen LogP contribution is -2.28. The Labute approximate surface area is 204 Å². The largest absolute Gasteiger partial charge is 0.486 e. The number of hydrogen-bond acceptors (Lipinski definition) is 8. The highest BCUT2D eigenvalue weighted by molar-refractivity contribution is 5.95. The molecule has 0 saturated heterocycles. The number of para-hydroxylation sites is 1. The van der Waals surface area contributed by atoms with Gasteiger partial charge in [0.15, 0.2) is 11.5 Å². The molecule has 6 rings (SSSR count). The van der Waals surface area contributed by atoms with Crippen LogP contribution in [0.15, 0.2) is 82.4 Å². The Balaban J connectivity index is 1.31. The zero-order valence-corrected chi connectivity index (χ0v) is 18.9. The average Bonchev–Trinajstić information content (AvgIpc) is 3.41. The van der Waals surface area contributed by atoms with Gasteiger partial charge in [-0.25, -0.2) is 0 Å². The normalized spacial score (nSPS) is 12.4. The van der Waals surface area contributed by atoms with Crippen molar-refractivity contribution < 1.29 is 18.8 Å². The fourth-order valence-corrected chi connectivity index (χ4v) is 4.09. The predicted octanol–water partition coefficient (Wildman–Crippen LogP) is 3.52. The van der Waals surface area contributed by atoms with Gasteiger partial charge in [0, 0.05) is 41.2 Å². The van der Waals surface area contributed by atoms with Crippen LogP contribution in [-0.2, 0) is 11.3 Å². The molecule has 0 saturated carbocycles. The number of carbonyl (C=O) groups excluding carboxylic acids is 1. The van der Waals surface area contributed by atoms with Crippen molar-refractivity contribution in [3.63, 3.8) is 0 Å². The third-order valence-electron chi connectivity index (χ3n) is 5.74. The molecule has 0 atom stereocenters. The number of fused-ring (bicyclic) bond motifs is 2. The van der Waals surface area contributed by atoms with Gasteiger partial charge in [0.05, 0.1) is 11.1 Å². The first-order chi connectivity index (χ1) is 17.7. The lowest BCUT2D eigenvalue weighted by molar-refractivity contribution is -0.116. The van der Waals surface area contributed by atoms with Crippen molar-refractivity contribution in [3.05, 3.63) is 83.4 Å². The van der Waals surface area contributed by atoms with Gasteiger partial charge in [0.25, 0.3) is 11.4 Å².